The minimum Gasteiger partial charge on any atom is -0.467 e. The fraction of sp³-hybridized carbons (Fsp3) is 0.385. The molecule has 128 valence electrons. The molecular formula is C13H12ClF4NO4. The molecule has 0 spiro atoms. The molecule has 0 aliphatic rings. The second-order valence-electron chi connectivity index (χ2n) is 4.57. The Bertz CT molecular complexity index is 622. The molecule has 0 unspecified atom stereocenters. The van der Waals surface area contributed by atoms with E-state index in [1.165, 1.54) is 13.0 Å². The van der Waals surface area contributed by atoms with Gasteiger partial charge in [-0.25, -0.2) is 9.18 Å². The maximum absolute atomic E-state index is 13.1. The second kappa shape index (κ2) is 6.71. The highest BCUT2D eigenvalue weighted by Crippen LogP contribution is 2.37. The van der Waals surface area contributed by atoms with Crippen LogP contribution >= 0.6 is 11.6 Å². The second-order valence-corrected chi connectivity index (χ2v) is 5.00. The number of benzene rings is 1. The molecule has 0 aliphatic heterocycles. The molecule has 1 rings (SSSR count). The molecule has 0 saturated heterocycles. The van der Waals surface area contributed by atoms with Crippen LogP contribution in [-0.4, -0.2) is 41.2 Å². The summed E-state index contributed by atoms with van der Waals surface area (Å²) in [5.74, 6) is -4.45. The van der Waals surface area contributed by atoms with Crippen LogP contribution < -0.4 is 5.32 Å². The lowest BCUT2D eigenvalue weighted by Crippen LogP contribution is -2.62. The number of esters is 1. The topological polar surface area (TPSA) is 75.6 Å². The maximum atomic E-state index is 13.1. The van der Waals surface area contributed by atoms with E-state index in [1.807, 2.05) is 5.32 Å². The predicted octanol–water partition coefficient (Wildman–Crippen LogP) is 2.15. The van der Waals surface area contributed by atoms with E-state index in [2.05, 4.69) is 4.74 Å². The van der Waals surface area contributed by atoms with E-state index in [0.717, 1.165) is 12.1 Å². The van der Waals surface area contributed by atoms with E-state index in [0.29, 0.717) is 12.7 Å². The normalized spacial score (nSPS) is 15.5. The van der Waals surface area contributed by atoms with E-state index in [9.17, 15) is 32.3 Å². The van der Waals surface area contributed by atoms with Crippen molar-refractivity contribution in [3.63, 3.8) is 0 Å². The molecule has 1 aromatic rings. The molecule has 10 heteroatoms. The number of nitrogens with one attached hydrogen (secondary N) is 1. The summed E-state index contributed by atoms with van der Waals surface area (Å²) >= 11 is 5.36. The van der Waals surface area contributed by atoms with Gasteiger partial charge in [-0.1, -0.05) is 6.07 Å². The number of anilines is 1. The van der Waals surface area contributed by atoms with Gasteiger partial charge in [-0.2, -0.15) is 13.2 Å². The summed E-state index contributed by atoms with van der Waals surface area (Å²) in [7, 11) is 0.595. The standard InChI is InChI=1S/C13H12ClF4NO4/c1-6-3-4-7(15)5-8(6)19-10(20)9(14)12(22,11(21)23-2)13(16,17)18/h3-5,9,22H,1-2H3,(H,19,20)/t9-,12+/m1/s1. The van der Waals surface area contributed by atoms with E-state index in [-0.39, 0.29) is 5.69 Å². The number of ether oxygens (including phenoxy) is 1. The summed E-state index contributed by atoms with van der Waals surface area (Å²) < 4.78 is 55.9. The number of methoxy groups -OCH3 is 1. The molecule has 0 aliphatic carbocycles. The van der Waals surface area contributed by atoms with E-state index >= 15 is 0 Å². The number of aryl methyl sites for hydroxylation is 1. The van der Waals surface area contributed by atoms with Crippen LogP contribution in [0.25, 0.3) is 0 Å². The number of amides is 1. The highest BCUT2D eigenvalue weighted by Gasteiger charge is 2.67. The molecule has 0 radical (unpaired) electrons. The lowest BCUT2D eigenvalue weighted by atomic mass is 9.97. The Balaban J connectivity index is 3.14. The Morgan fingerprint density at radius 3 is 2.39 bits per heavy atom. The summed E-state index contributed by atoms with van der Waals surface area (Å²) in [5.41, 5.74) is -4.08. The zero-order chi connectivity index (χ0) is 18.0. The summed E-state index contributed by atoms with van der Waals surface area (Å²) in [5, 5.41) is 8.77. The smallest absolute Gasteiger partial charge is 0.430 e. The van der Waals surface area contributed by atoms with E-state index in [1.54, 1.807) is 0 Å². The van der Waals surface area contributed by atoms with Gasteiger partial charge in [-0.3, -0.25) is 4.79 Å². The molecule has 0 saturated carbocycles. The number of carbonyl (C=O) groups is 2. The molecule has 23 heavy (non-hydrogen) atoms. The minimum atomic E-state index is -5.57. The molecule has 0 heterocycles. The van der Waals surface area contributed by atoms with Crippen molar-refractivity contribution in [2.45, 2.75) is 24.1 Å². The first kappa shape index (κ1) is 19.2. The molecule has 1 amide bonds. The van der Waals surface area contributed by atoms with Gasteiger partial charge < -0.3 is 15.2 Å². The van der Waals surface area contributed by atoms with Crippen LogP contribution in [0.5, 0.6) is 0 Å². The molecule has 2 atom stereocenters. The lowest BCUT2D eigenvalue weighted by Gasteiger charge is -2.30. The third kappa shape index (κ3) is 3.73. The van der Waals surface area contributed by atoms with Crippen molar-refractivity contribution in [1.82, 2.24) is 0 Å². The highest BCUT2D eigenvalue weighted by atomic mass is 35.5. The molecule has 5 nitrogen and oxygen atoms in total. The SMILES string of the molecule is COC(=O)[C@@](O)([C@H](Cl)C(=O)Nc1cc(F)ccc1C)C(F)(F)F. The summed E-state index contributed by atoms with van der Waals surface area (Å²) in [6.45, 7) is 1.45. The summed E-state index contributed by atoms with van der Waals surface area (Å²) in [6.07, 6.45) is -5.57. The fourth-order valence-electron chi connectivity index (χ4n) is 1.63. The Morgan fingerprint density at radius 1 is 1.35 bits per heavy atom. The number of hydrogen-bond acceptors (Lipinski definition) is 4. The highest BCUT2D eigenvalue weighted by molar-refractivity contribution is 6.35. The monoisotopic (exact) mass is 357 g/mol. The van der Waals surface area contributed by atoms with Crippen molar-refractivity contribution >= 4 is 29.2 Å². The van der Waals surface area contributed by atoms with E-state index in [4.69, 9.17) is 11.6 Å². The number of rotatable bonds is 4. The van der Waals surface area contributed by atoms with Gasteiger partial charge in [0.05, 0.1) is 7.11 Å². The number of aliphatic hydroxyl groups is 1. The Kier molecular flexibility index (Phi) is 5.60. The van der Waals surface area contributed by atoms with E-state index < -0.39 is 34.8 Å². The number of alkyl halides is 4. The van der Waals surface area contributed by atoms with Crippen molar-refractivity contribution in [3.05, 3.63) is 29.6 Å². The molecule has 0 aromatic heterocycles. The number of hydrogen-bond donors (Lipinski definition) is 2. The van der Waals surface area contributed by atoms with Gasteiger partial charge in [-0.15, -0.1) is 11.6 Å². The molecule has 0 bridgehead atoms. The van der Waals surface area contributed by atoms with Crippen LogP contribution in [0.4, 0.5) is 23.2 Å². The van der Waals surface area contributed by atoms with Gasteiger partial charge in [0.1, 0.15) is 5.82 Å². The zero-order valence-corrected chi connectivity index (χ0v) is 12.6. The summed E-state index contributed by atoms with van der Waals surface area (Å²) in [6, 6.07) is 3.19. The van der Waals surface area contributed by atoms with Crippen molar-refractivity contribution in [2.75, 3.05) is 12.4 Å². The maximum Gasteiger partial charge on any atom is 0.430 e. The van der Waals surface area contributed by atoms with Crippen molar-refractivity contribution in [2.24, 2.45) is 0 Å². The third-order valence-electron chi connectivity index (χ3n) is 2.98. The fourth-order valence-corrected chi connectivity index (χ4v) is 1.90. The first-order valence-corrected chi connectivity index (χ1v) is 6.47. The quantitative estimate of drug-likeness (QED) is 0.492. The first-order chi connectivity index (χ1) is 10.4. The van der Waals surface area contributed by atoms with Crippen LogP contribution in [0.15, 0.2) is 18.2 Å². The van der Waals surface area contributed by atoms with Gasteiger partial charge >= 0.3 is 12.1 Å². The minimum absolute atomic E-state index is 0.157. The first-order valence-electron chi connectivity index (χ1n) is 6.03. The Hall–Kier alpha value is -1.87. The lowest BCUT2D eigenvalue weighted by molar-refractivity contribution is -0.260. The molecular weight excluding hydrogens is 346 g/mol. The largest absolute Gasteiger partial charge is 0.467 e. The van der Waals surface area contributed by atoms with Gasteiger partial charge in [0, 0.05) is 5.69 Å². The van der Waals surface area contributed by atoms with Gasteiger partial charge in [0.25, 0.3) is 5.60 Å². The number of carbonyl (C=O) groups excluding carboxylic acids is 2. The van der Waals surface area contributed by atoms with Crippen LogP contribution in [0.2, 0.25) is 0 Å². The average Bonchev–Trinajstić information content (AvgIpc) is 2.47. The molecule has 2 N–H and O–H groups in total. The Morgan fingerprint density at radius 2 is 1.91 bits per heavy atom. The van der Waals surface area contributed by atoms with Crippen molar-refractivity contribution in [1.29, 1.82) is 0 Å². The van der Waals surface area contributed by atoms with Crippen LogP contribution in [0, 0.1) is 12.7 Å². The average molecular weight is 358 g/mol. The van der Waals surface area contributed by atoms with Crippen LogP contribution in [-0.2, 0) is 14.3 Å². The van der Waals surface area contributed by atoms with Gasteiger partial charge in [-0.05, 0) is 24.6 Å². The van der Waals surface area contributed by atoms with Crippen LogP contribution in [0.1, 0.15) is 5.56 Å². The Labute approximate surface area is 133 Å². The number of halogens is 5. The van der Waals surface area contributed by atoms with Crippen molar-refractivity contribution in [3.8, 4) is 0 Å². The molecule has 1 aromatic carbocycles. The van der Waals surface area contributed by atoms with Crippen molar-refractivity contribution < 1.29 is 37.0 Å². The van der Waals surface area contributed by atoms with Gasteiger partial charge in [0.15, 0.2) is 5.38 Å². The van der Waals surface area contributed by atoms with Gasteiger partial charge in [0.2, 0.25) is 5.91 Å². The summed E-state index contributed by atoms with van der Waals surface area (Å²) in [4.78, 5) is 23.1. The molecule has 0 fully saturated rings. The van der Waals surface area contributed by atoms with Crippen LogP contribution in [0.3, 0.4) is 0 Å². The third-order valence-corrected chi connectivity index (χ3v) is 3.50. The predicted molar refractivity (Wildman–Crippen MR) is 72.4 cm³/mol. The zero-order valence-electron chi connectivity index (χ0n) is 11.9.